The lowest BCUT2D eigenvalue weighted by molar-refractivity contribution is -0.138. The normalized spacial score (nSPS) is 14.4. The highest BCUT2D eigenvalue weighted by Crippen LogP contribution is 2.32. The fourth-order valence-electron chi connectivity index (χ4n) is 3.48. The zero-order chi connectivity index (χ0) is 21.6. The monoisotopic (exact) mass is 554 g/mol. The number of nitrogens with zero attached hydrogens (tertiary/aromatic N) is 4. The predicted molar refractivity (Wildman–Crippen MR) is 121 cm³/mol. The first kappa shape index (κ1) is 25.3. The minimum atomic E-state index is -4.63. The van der Waals surface area contributed by atoms with Gasteiger partial charge in [0, 0.05) is 32.5 Å². The number of aromatic nitrogens is 3. The van der Waals surface area contributed by atoms with Gasteiger partial charge in [-0.3, -0.25) is 0 Å². The van der Waals surface area contributed by atoms with Crippen molar-refractivity contribution < 1.29 is 17.6 Å². The summed E-state index contributed by atoms with van der Waals surface area (Å²) in [5.74, 6) is 1.38. The quantitative estimate of drug-likeness (QED) is 0.245. The Labute approximate surface area is 195 Å². The first-order valence-corrected chi connectivity index (χ1v) is 10.2. The molecule has 2 heterocycles. The average molecular weight is 554 g/mol. The number of aliphatic imine (C=N–C) groups is 1. The molecule has 0 radical (unpaired) electrons. The van der Waals surface area contributed by atoms with Crippen LogP contribution in [0, 0.1) is 5.82 Å². The summed E-state index contributed by atoms with van der Waals surface area (Å²) in [5.41, 5.74) is -1.09. The average Bonchev–Trinajstić information content (AvgIpc) is 2.92. The third-order valence-corrected chi connectivity index (χ3v) is 4.96. The third-order valence-electron chi connectivity index (χ3n) is 4.96. The molecule has 2 aromatic rings. The molecule has 1 aromatic carbocycles. The van der Waals surface area contributed by atoms with E-state index in [1.165, 1.54) is 6.42 Å². The van der Waals surface area contributed by atoms with Crippen LogP contribution in [0.2, 0.25) is 0 Å². The van der Waals surface area contributed by atoms with E-state index in [0.29, 0.717) is 31.5 Å². The maximum absolute atomic E-state index is 13.3. The summed E-state index contributed by atoms with van der Waals surface area (Å²) in [6.07, 6.45) is 0.336. The highest BCUT2D eigenvalue weighted by Gasteiger charge is 2.33. The molecule has 3 rings (SSSR count). The minimum absolute atomic E-state index is 0. The zero-order valence-electron chi connectivity index (χ0n) is 17.3. The number of benzene rings is 1. The van der Waals surface area contributed by atoms with E-state index in [1.54, 1.807) is 0 Å². The molecular formula is C20H27F4IN6. The Morgan fingerprint density at radius 1 is 1.16 bits per heavy atom. The summed E-state index contributed by atoms with van der Waals surface area (Å²) in [4.78, 5) is 4.24. The molecular weight excluding hydrogens is 527 g/mol. The second kappa shape index (κ2) is 11.6. The Hall–Kier alpha value is -1.92. The van der Waals surface area contributed by atoms with Gasteiger partial charge in [-0.05, 0) is 37.5 Å². The van der Waals surface area contributed by atoms with Gasteiger partial charge in [-0.15, -0.1) is 34.2 Å². The van der Waals surface area contributed by atoms with Crippen molar-refractivity contribution in [3.8, 4) is 0 Å². The fraction of sp³-hybridized carbons (Fsp3) is 0.550. The molecule has 0 saturated heterocycles. The molecule has 2 N–H and O–H groups in total. The van der Waals surface area contributed by atoms with Crippen LogP contribution in [-0.2, 0) is 32.1 Å². The largest absolute Gasteiger partial charge is 0.416 e. The van der Waals surface area contributed by atoms with Crippen molar-refractivity contribution in [3.63, 3.8) is 0 Å². The summed E-state index contributed by atoms with van der Waals surface area (Å²) in [7, 11) is 0. The van der Waals surface area contributed by atoms with Gasteiger partial charge in [-0.25, -0.2) is 9.38 Å². The number of fused-ring (bicyclic) bond motifs is 1. The maximum atomic E-state index is 13.3. The Morgan fingerprint density at radius 3 is 2.71 bits per heavy atom. The molecule has 0 spiro atoms. The SMILES string of the molecule is CCNC(=NCc1ccc(F)cc1C(F)(F)F)NCCc1nnc2n1CCCCC2.I. The highest BCUT2D eigenvalue weighted by atomic mass is 127. The number of guanidine groups is 1. The predicted octanol–water partition coefficient (Wildman–Crippen LogP) is 4.08. The maximum Gasteiger partial charge on any atom is 0.416 e. The Kier molecular flexibility index (Phi) is 9.51. The van der Waals surface area contributed by atoms with E-state index in [4.69, 9.17) is 0 Å². The summed E-state index contributed by atoms with van der Waals surface area (Å²) in [6.45, 7) is 3.64. The Bertz CT molecular complexity index is 881. The van der Waals surface area contributed by atoms with Gasteiger partial charge in [0.05, 0.1) is 12.1 Å². The minimum Gasteiger partial charge on any atom is -0.357 e. The van der Waals surface area contributed by atoms with Gasteiger partial charge in [0.15, 0.2) is 5.96 Å². The van der Waals surface area contributed by atoms with E-state index < -0.39 is 17.6 Å². The van der Waals surface area contributed by atoms with Crippen LogP contribution in [0.15, 0.2) is 23.2 Å². The van der Waals surface area contributed by atoms with Gasteiger partial charge in [0.1, 0.15) is 17.5 Å². The van der Waals surface area contributed by atoms with Crippen molar-refractivity contribution in [1.29, 1.82) is 0 Å². The Balaban J connectivity index is 0.00000341. The van der Waals surface area contributed by atoms with Crippen LogP contribution in [0.3, 0.4) is 0 Å². The molecule has 6 nitrogen and oxygen atoms in total. The highest BCUT2D eigenvalue weighted by molar-refractivity contribution is 14.0. The summed E-state index contributed by atoms with van der Waals surface area (Å²) >= 11 is 0. The van der Waals surface area contributed by atoms with Crippen LogP contribution in [0.5, 0.6) is 0 Å². The number of hydrogen-bond acceptors (Lipinski definition) is 3. The molecule has 0 saturated carbocycles. The first-order chi connectivity index (χ1) is 14.4. The van der Waals surface area contributed by atoms with Crippen LogP contribution in [0.1, 0.15) is 49.0 Å². The van der Waals surface area contributed by atoms with Gasteiger partial charge in [0.2, 0.25) is 0 Å². The molecule has 0 fully saturated rings. The molecule has 0 aliphatic carbocycles. The second-order valence-electron chi connectivity index (χ2n) is 7.17. The van der Waals surface area contributed by atoms with Crippen LogP contribution in [0.4, 0.5) is 17.6 Å². The van der Waals surface area contributed by atoms with Crippen molar-refractivity contribution >= 4 is 29.9 Å². The van der Waals surface area contributed by atoms with Crippen LogP contribution >= 0.6 is 24.0 Å². The smallest absolute Gasteiger partial charge is 0.357 e. The summed E-state index contributed by atoms with van der Waals surface area (Å²) in [5, 5.41) is 14.7. The first-order valence-electron chi connectivity index (χ1n) is 10.2. The molecule has 1 aromatic heterocycles. The summed E-state index contributed by atoms with van der Waals surface area (Å²) in [6, 6.07) is 2.64. The van der Waals surface area contributed by atoms with Gasteiger partial charge in [-0.1, -0.05) is 12.5 Å². The van der Waals surface area contributed by atoms with Crippen molar-refractivity contribution in [1.82, 2.24) is 25.4 Å². The molecule has 172 valence electrons. The standard InChI is InChI=1S/C20H26F4N6.HI/c1-2-25-19(27-13-14-7-8-15(21)12-16(14)20(22,23)24)26-10-9-18-29-28-17-6-4-3-5-11-30(17)18;/h7-8,12H,2-6,9-11,13H2,1H3,(H2,25,26,27);1H. The van der Waals surface area contributed by atoms with Gasteiger partial charge < -0.3 is 15.2 Å². The number of hydrogen-bond donors (Lipinski definition) is 2. The van der Waals surface area contributed by atoms with Gasteiger partial charge >= 0.3 is 6.18 Å². The van der Waals surface area contributed by atoms with Crippen LogP contribution < -0.4 is 10.6 Å². The molecule has 31 heavy (non-hydrogen) atoms. The molecule has 0 atom stereocenters. The molecule has 0 amide bonds. The van der Waals surface area contributed by atoms with E-state index in [0.717, 1.165) is 49.6 Å². The van der Waals surface area contributed by atoms with E-state index in [9.17, 15) is 17.6 Å². The molecule has 11 heteroatoms. The number of nitrogens with one attached hydrogen (secondary N) is 2. The van der Waals surface area contributed by atoms with Gasteiger partial charge in [0.25, 0.3) is 0 Å². The van der Waals surface area contributed by atoms with Gasteiger partial charge in [-0.2, -0.15) is 13.2 Å². The van der Waals surface area contributed by atoms with E-state index in [-0.39, 0.29) is 36.1 Å². The third kappa shape index (κ3) is 7.04. The fourth-order valence-corrected chi connectivity index (χ4v) is 3.48. The van der Waals surface area contributed by atoms with Crippen molar-refractivity contribution in [2.45, 2.75) is 58.3 Å². The molecule has 1 aliphatic heterocycles. The van der Waals surface area contributed by atoms with Crippen molar-refractivity contribution in [2.24, 2.45) is 4.99 Å². The van der Waals surface area contributed by atoms with Crippen molar-refractivity contribution in [3.05, 3.63) is 46.8 Å². The number of aryl methyl sites for hydroxylation is 1. The summed E-state index contributed by atoms with van der Waals surface area (Å²) < 4.78 is 54.9. The number of rotatable bonds is 6. The molecule has 1 aliphatic rings. The number of halogens is 5. The van der Waals surface area contributed by atoms with Crippen molar-refractivity contribution in [2.75, 3.05) is 13.1 Å². The lowest BCUT2D eigenvalue weighted by Gasteiger charge is -2.14. The molecule has 0 unspecified atom stereocenters. The van der Waals surface area contributed by atoms with E-state index in [1.807, 2.05) is 6.92 Å². The molecule has 0 bridgehead atoms. The lowest BCUT2D eigenvalue weighted by atomic mass is 10.1. The lowest BCUT2D eigenvalue weighted by Crippen LogP contribution is -2.38. The zero-order valence-corrected chi connectivity index (χ0v) is 19.6. The van der Waals surface area contributed by atoms with E-state index in [2.05, 4.69) is 30.4 Å². The second-order valence-corrected chi connectivity index (χ2v) is 7.17. The van der Waals surface area contributed by atoms with E-state index >= 15 is 0 Å². The van der Waals surface area contributed by atoms with Crippen LogP contribution in [-0.4, -0.2) is 33.8 Å². The van der Waals surface area contributed by atoms with Crippen LogP contribution in [0.25, 0.3) is 0 Å². The Morgan fingerprint density at radius 2 is 1.97 bits per heavy atom. The topological polar surface area (TPSA) is 67.1 Å². The number of alkyl halides is 3.